The molecule has 0 aromatic carbocycles. The van der Waals surface area contributed by atoms with E-state index in [1.54, 1.807) is 0 Å². The summed E-state index contributed by atoms with van der Waals surface area (Å²) in [5.74, 6) is -0.516. The molecule has 0 bridgehead atoms. The highest BCUT2D eigenvalue weighted by atomic mass is 31.2. The van der Waals surface area contributed by atoms with Crippen LogP contribution in [0.3, 0.4) is 0 Å². The molecule has 0 spiro atoms. The first kappa shape index (κ1) is 87.1. The summed E-state index contributed by atoms with van der Waals surface area (Å²) in [6.45, 7) is 9.52. The van der Waals surface area contributed by atoms with Gasteiger partial charge in [0.25, 0.3) is 0 Å². The van der Waals surface area contributed by atoms with Gasteiger partial charge in [0, 0.05) is 25.7 Å². The largest absolute Gasteiger partial charge is 0.472 e. The van der Waals surface area contributed by atoms with Crippen molar-refractivity contribution >= 4 is 39.5 Å². The minimum Gasteiger partial charge on any atom is -0.462 e. The fourth-order valence-corrected chi connectivity index (χ4v) is 12.1. The van der Waals surface area contributed by atoms with Crippen molar-refractivity contribution in [2.45, 2.75) is 374 Å². The first-order valence-corrected chi connectivity index (χ1v) is 39.5. The number of phosphoric acid groups is 2. The number of ether oxygens (including phenoxy) is 4. The minimum atomic E-state index is -4.95. The van der Waals surface area contributed by atoms with Gasteiger partial charge < -0.3 is 33.8 Å². The second-order valence-electron chi connectivity index (χ2n) is 26.0. The van der Waals surface area contributed by atoms with E-state index in [9.17, 15) is 43.2 Å². The van der Waals surface area contributed by atoms with Crippen molar-refractivity contribution in [1.82, 2.24) is 0 Å². The lowest BCUT2D eigenvalue weighted by atomic mass is 9.99. The van der Waals surface area contributed by atoms with Crippen LogP contribution in [-0.2, 0) is 65.4 Å². The number of aliphatic hydroxyl groups is 1. The van der Waals surface area contributed by atoms with Crippen LogP contribution < -0.4 is 0 Å². The maximum absolute atomic E-state index is 13.0. The van der Waals surface area contributed by atoms with Gasteiger partial charge in [-0.05, 0) is 37.5 Å². The molecule has 3 unspecified atom stereocenters. The van der Waals surface area contributed by atoms with Crippen LogP contribution in [0.25, 0.3) is 0 Å². The zero-order valence-electron chi connectivity index (χ0n) is 57.7. The minimum absolute atomic E-state index is 0.106. The SMILES string of the molecule is CCCCCCCCCCCCCC(=O)O[C@H](COC(=O)CCCCCCC)COP(=O)(O)OC[C@H](O)COP(=O)(O)OC[C@@H](COC(=O)CCCCCCCCCCCCC(C)CC)OC(=O)CCCCCCCCCCCCCCCCCCC(C)C. The molecule has 0 aliphatic heterocycles. The molecule has 0 fully saturated rings. The number of carbonyl (C=O) groups is 4. The zero-order chi connectivity index (χ0) is 65.7. The second kappa shape index (κ2) is 62.2. The molecule has 19 heteroatoms. The topological polar surface area (TPSA) is 237 Å². The fourth-order valence-electron chi connectivity index (χ4n) is 10.6. The Kier molecular flexibility index (Phi) is 60.8. The van der Waals surface area contributed by atoms with E-state index in [0.717, 1.165) is 108 Å². The molecule has 528 valence electrons. The van der Waals surface area contributed by atoms with Crippen LogP contribution in [0.1, 0.15) is 356 Å². The number of aliphatic hydroxyl groups excluding tert-OH is 1. The van der Waals surface area contributed by atoms with Gasteiger partial charge in [0.1, 0.15) is 19.3 Å². The maximum Gasteiger partial charge on any atom is 0.472 e. The van der Waals surface area contributed by atoms with Gasteiger partial charge in [-0.3, -0.25) is 37.3 Å². The van der Waals surface area contributed by atoms with Crippen LogP contribution >= 0.6 is 15.6 Å². The van der Waals surface area contributed by atoms with E-state index in [-0.39, 0.29) is 25.7 Å². The van der Waals surface area contributed by atoms with Gasteiger partial charge in [-0.2, -0.15) is 0 Å². The average Bonchev–Trinajstić information content (AvgIpc) is 3.55. The monoisotopic (exact) mass is 1310 g/mol. The van der Waals surface area contributed by atoms with Crippen LogP contribution in [0.5, 0.6) is 0 Å². The third-order valence-electron chi connectivity index (χ3n) is 16.6. The van der Waals surface area contributed by atoms with Crippen molar-refractivity contribution in [2.75, 3.05) is 39.6 Å². The Morgan fingerprint density at radius 3 is 0.854 bits per heavy atom. The summed E-state index contributed by atoms with van der Waals surface area (Å²) < 4.78 is 68.1. The molecule has 0 heterocycles. The van der Waals surface area contributed by atoms with Gasteiger partial charge in [0.05, 0.1) is 26.4 Å². The highest BCUT2D eigenvalue weighted by molar-refractivity contribution is 7.47. The van der Waals surface area contributed by atoms with Crippen LogP contribution in [0.2, 0.25) is 0 Å². The van der Waals surface area contributed by atoms with Crippen LogP contribution in [0.15, 0.2) is 0 Å². The van der Waals surface area contributed by atoms with Crippen LogP contribution in [0, 0.1) is 11.8 Å². The molecule has 0 saturated carbocycles. The van der Waals surface area contributed by atoms with E-state index in [1.807, 2.05) is 0 Å². The summed E-state index contributed by atoms with van der Waals surface area (Å²) in [7, 11) is -9.89. The van der Waals surface area contributed by atoms with Crippen molar-refractivity contribution in [1.29, 1.82) is 0 Å². The molecule has 6 atom stereocenters. The Balaban J connectivity index is 5.15. The molecule has 0 radical (unpaired) electrons. The number of esters is 4. The van der Waals surface area contributed by atoms with E-state index in [2.05, 4.69) is 41.5 Å². The normalized spacial score (nSPS) is 14.4. The third kappa shape index (κ3) is 63.2. The fraction of sp³-hybridized carbons (Fsp3) is 0.943. The quantitative estimate of drug-likeness (QED) is 0.0222. The summed E-state index contributed by atoms with van der Waals surface area (Å²) in [5.41, 5.74) is 0. The van der Waals surface area contributed by atoms with E-state index in [4.69, 9.17) is 37.0 Å². The van der Waals surface area contributed by atoms with E-state index in [1.165, 1.54) is 167 Å². The van der Waals surface area contributed by atoms with Crippen LogP contribution in [0.4, 0.5) is 0 Å². The highest BCUT2D eigenvalue weighted by Gasteiger charge is 2.30. The van der Waals surface area contributed by atoms with Crippen molar-refractivity contribution in [3.63, 3.8) is 0 Å². The number of rotatable bonds is 69. The molecule has 0 saturated heterocycles. The summed E-state index contributed by atoms with van der Waals surface area (Å²) in [6, 6.07) is 0. The second-order valence-corrected chi connectivity index (χ2v) is 28.9. The number of hydrogen-bond acceptors (Lipinski definition) is 15. The molecule has 0 aliphatic rings. The number of unbranched alkanes of at least 4 members (excludes halogenated alkanes) is 38. The molecule has 0 amide bonds. The summed E-state index contributed by atoms with van der Waals surface area (Å²) in [4.78, 5) is 72.2. The lowest BCUT2D eigenvalue weighted by Gasteiger charge is -2.21. The summed E-state index contributed by atoms with van der Waals surface area (Å²) in [5, 5.41) is 10.6. The average molecular weight is 1310 g/mol. The van der Waals surface area contributed by atoms with Gasteiger partial charge >= 0.3 is 39.5 Å². The zero-order valence-corrected chi connectivity index (χ0v) is 59.5. The molecule has 0 aromatic rings. The third-order valence-corrected chi connectivity index (χ3v) is 18.5. The smallest absolute Gasteiger partial charge is 0.462 e. The maximum atomic E-state index is 13.0. The molecular weight excluding hydrogens is 1170 g/mol. The number of phosphoric ester groups is 2. The molecule has 0 aliphatic carbocycles. The lowest BCUT2D eigenvalue weighted by molar-refractivity contribution is -0.161. The first-order valence-electron chi connectivity index (χ1n) is 36.5. The van der Waals surface area contributed by atoms with Gasteiger partial charge in [-0.15, -0.1) is 0 Å². The van der Waals surface area contributed by atoms with Crippen molar-refractivity contribution in [3.05, 3.63) is 0 Å². The van der Waals surface area contributed by atoms with Crippen molar-refractivity contribution in [3.8, 4) is 0 Å². The Morgan fingerprint density at radius 2 is 0.573 bits per heavy atom. The predicted molar refractivity (Wildman–Crippen MR) is 358 cm³/mol. The molecule has 0 aromatic heterocycles. The molecular formula is C70H136O17P2. The Hall–Kier alpha value is -1.94. The van der Waals surface area contributed by atoms with Crippen molar-refractivity contribution in [2.24, 2.45) is 11.8 Å². The number of carbonyl (C=O) groups excluding carboxylic acids is 4. The summed E-state index contributed by atoms with van der Waals surface area (Å²) in [6.07, 6.45) is 47.5. The molecule has 0 rings (SSSR count). The predicted octanol–water partition coefficient (Wildman–Crippen LogP) is 20.0. The highest BCUT2D eigenvalue weighted by Crippen LogP contribution is 2.45. The Bertz CT molecular complexity index is 1740. The van der Waals surface area contributed by atoms with Gasteiger partial charge in [-0.1, -0.05) is 305 Å². The van der Waals surface area contributed by atoms with E-state index >= 15 is 0 Å². The Labute approximate surface area is 543 Å². The lowest BCUT2D eigenvalue weighted by Crippen LogP contribution is -2.30. The van der Waals surface area contributed by atoms with E-state index < -0.39 is 97.5 Å². The van der Waals surface area contributed by atoms with Crippen LogP contribution in [-0.4, -0.2) is 96.7 Å². The Morgan fingerprint density at radius 1 is 0.326 bits per heavy atom. The summed E-state index contributed by atoms with van der Waals surface area (Å²) >= 11 is 0. The van der Waals surface area contributed by atoms with Gasteiger partial charge in [0.15, 0.2) is 12.2 Å². The van der Waals surface area contributed by atoms with Gasteiger partial charge in [-0.25, -0.2) is 9.13 Å². The molecule has 17 nitrogen and oxygen atoms in total. The molecule has 89 heavy (non-hydrogen) atoms. The van der Waals surface area contributed by atoms with Gasteiger partial charge in [0.2, 0.25) is 0 Å². The van der Waals surface area contributed by atoms with Crippen molar-refractivity contribution < 1.29 is 80.2 Å². The number of hydrogen-bond donors (Lipinski definition) is 3. The molecule has 3 N–H and O–H groups in total. The first-order chi connectivity index (χ1) is 42.9. The standard InChI is InChI=1S/C70H136O17P2/c1-7-10-12-14-15-16-23-31-36-42-48-54-69(74)86-65(58-80-67(72)52-46-38-13-11-8-2)60-84-88(76,77)82-56-64(71)57-83-89(78,79)85-61-66(59-81-68(73)53-47-41-35-30-27-26-29-34-40-45-51-63(6)9-3)87-70(75)55-49-43-37-32-25-22-20-18-17-19-21-24-28-33-39-44-50-62(4)5/h62-66,71H,7-61H2,1-6H3,(H,76,77)(H,78,79)/t63?,64-,65+,66+/m0/s1. The van der Waals surface area contributed by atoms with E-state index in [0.29, 0.717) is 25.7 Å².